The minimum atomic E-state index is -0.897. The molecule has 0 atom stereocenters. The number of carbonyl (C=O) groups excluding carboxylic acids is 2. The molecular formula is C12H21NO6. The molecule has 0 radical (unpaired) electrons. The first-order valence-electron chi connectivity index (χ1n) is 5.90. The third kappa shape index (κ3) is 11.2. The molecule has 1 N–H and O–H groups in total. The Morgan fingerprint density at radius 3 is 2.47 bits per heavy atom. The normalized spacial score (nSPS) is 11.0. The van der Waals surface area contributed by atoms with E-state index < -0.39 is 18.9 Å². The van der Waals surface area contributed by atoms with E-state index >= 15 is 0 Å². The number of rotatable bonds is 9. The summed E-state index contributed by atoms with van der Waals surface area (Å²) in [6.07, 6.45) is 0.985. The summed E-state index contributed by atoms with van der Waals surface area (Å²) in [7, 11) is 1.56. The van der Waals surface area contributed by atoms with Crippen LogP contribution in [-0.2, 0) is 23.7 Å². The molecule has 0 heterocycles. The summed E-state index contributed by atoms with van der Waals surface area (Å²) in [6, 6.07) is 0. The molecule has 0 aromatic rings. The zero-order valence-corrected chi connectivity index (χ0v) is 11.6. The van der Waals surface area contributed by atoms with E-state index in [0.717, 1.165) is 12.1 Å². The first kappa shape index (κ1) is 17.4. The van der Waals surface area contributed by atoms with Crippen molar-refractivity contribution in [2.24, 2.45) is 0 Å². The van der Waals surface area contributed by atoms with Gasteiger partial charge in [0.15, 0.2) is 0 Å². The van der Waals surface area contributed by atoms with Crippen LogP contribution in [0.3, 0.4) is 0 Å². The van der Waals surface area contributed by atoms with E-state index in [-0.39, 0.29) is 6.61 Å². The number of ether oxygens (including phenoxy) is 4. The van der Waals surface area contributed by atoms with Crippen molar-refractivity contribution in [2.75, 3.05) is 40.2 Å². The molecule has 0 rings (SSSR count). The highest BCUT2D eigenvalue weighted by Gasteiger charge is 2.06. The number of carbonyl (C=O) groups is 2. The van der Waals surface area contributed by atoms with Crippen LogP contribution in [0.5, 0.6) is 0 Å². The fourth-order valence-corrected chi connectivity index (χ4v) is 1.06. The Morgan fingerprint density at radius 1 is 1.16 bits per heavy atom. The van der Waals surface area contributed by atoms with Crippen LogP contribution < -0.4 is 5.32 Å². The lowest BCUT2D eigenvalue weighted by atomic mass is 10.3. The highest BCUT2D eigenvalue weighted by Crippen LogP contribution is 1.98. The van der Waals surface area contributed by atoms with Gasteiger partial charge in [0.05, 0.1) is 6.61 Å². The summed E-state index contributed by atoms with van der Waals surface area (Å²) in [4.78, 5) is 21.6. The maximum absolute atomic E-state index is 11.1. The number of hydrogen-bond acceptors (Lipinski definition) is 7. The summed E-state index contributed by atoms with van der Waals surface area (Å²) >= 11 is 0. The molecule has 0 saturated carbocycles. The maximum Gasteiger partial charge on any atom is 0.511 e. The number of nitrogens with one attached hydrogen (secondary N) is 1. The summed E-state index contributed by atoms with van der Waals surface area (Å²) in [5, 5.41) is 3.11. The van der Waals surface area contributed by atoms with Gasteiger partial charge in [0.1, 0.15) is 6.61 Å². The second kappa shape index (κ2) is 11.5. The van der Waals surface area contributed by atoms with Crippen molar-refractivity contribution < 1.29 is 28.5 Å². The minimum Gasteiger partial charge on any atom is -0.430 e. The molecule has 0 aliphatic rings. The number of esters is 1. The minimum absolute atomic E-state index is 0.0676. The summed E-state index contributed by atoms with van der Waals surface area (Å²) in [5.74, 6) is -0.529. The van der Waals surface area contributed by atoms with Gasteiger partial charge >= 0.3 is 12.1 Å². The van der Waals surface area contributed by atoms with E-state index in [4.69, 9.17) is 9.47 Å². The molecular weight excluding hydrogens is 254 g/mol. The van der Waals surface area contributed by atoms with Crippen molar-refractivity contribution in [1.29, 1.82) is 0 Å². The van der Waals surface area contributed by atoms with E-state index in [1.54, 1.807) is 7.11 Å². The largest absolute Gasteiger partial charge is 0.511 e. The first-order valence-corrected chi connectivity index (χ1v) is 5.90. The van der Waals surface area contributed by atoms with Crippen molar-refractivity contribution in [3.63, 3.8) is 0 Å². The van der Waals surface area contributed by atoms with E-state index in [9.17, 15) is 9.59 Å². The molecule has 0 aromatic carbocycles. The molecule has 0 unspecified atom stereocenters. The molecule has 7 heteroatoms. The Balaban J connectivity index is 3.92. The van der Waals surface area contributed by atoms with Crippen LogP contribution in [-0.4, -0.2) is 52.3 Å². The smallest absolute Gasteiger partial charge is 0.430 e. The summed E-state index contributed by atoms with van der Waals surface area (Å²) < 4.78 is 18.8. The van der Waals surface area contributed by atoms with E-state index in [1.165, 1.54) is 6.92 Å². The maximum atomic E-state index is 11.1. The molecule has 0 bridgehead atoms. The van der Waals surface area contributed by atoms with E-state index in [0.29, 0.717) is 13.2 Å². The fourth-order valence-electron chi connectivity index (χ4n) is 1.06. The molecule has 0 aromatic heterocycles. The van der Waals surface area contributed by atoms with Crippen molar-refractivity contribution in [3.8, 4) is 0 Å². The third-order valence-electron chi connectivity index (χ3n) is 1.93. The Bertz CT molecular complexity index is 303. The van der Waals surface area contributed by atoms with Crippen LogP contribution in [0.25, 0.3) is 0 Å². The van der Waals surface area contributed by atoms with E-state index in [1.807, 2.05) is 13.0 Å². The van der Waals surface area contributed by atoms with Gasteiger partial charge in [-0.25, -0.2) is 4.79 Å². The topological polar surface area (TPSA) is 83.1 Å². The second-order valence-electron chi connectivity index (χ2n) is 3.54. The van der Waals surface area contributed by atoms with Gasteiger partial charge in [-0.1, -0.05) is 13.0 Å². The Hall–Kier alpha value is -1.60. The zero-order valence-electron chi connectivity index (χ0n) is 11.6. The number of hydrogen-bond donors (Lipinski definition) is 1. The predicted octanol–water partition coefficient (Wildman–Crippen LogP) is 0.842. The average molecular weight is 275 g/mol. The van der Waals surface area contributed by atoms with Crippen molar-refractivity contribution in [2.45, 2.75) is 13.8 Å². The molecule has 0 aliphatic heterocycles. The van der Waals surface area contributed by atoms with Gasteiger partial charge in [-0.15, -0.1) is 0 Å². The summed E-state index contributed by atoms with van der Waals surface area (Å²) in [5.41, 5.74) is 0.813. The molecule has 7 nitrogen and oxygen atoms in total. The number of likely N-dealkylation sites (N-methyl/N-ethyl adjacent to an activating group) is 1. The van der Waals surface area contributed by atoms with Crippen LogP contribution in [0.2, 0.25) is 0 Å². The molecule has 0 fully saturated rings. The molecule has 0 saturated heterocycles. The van der Waals surface area contributed by atoms with Crippen LogP contribution >= 0.6 is 0 Å². The van der Waals surface area contributed by atoms with Crippen molar-refractivity contribution in [1.82, 2.24) is 5.32 Å². The molecule has 0 amide bonds. The highest BCUT2D eigenvalue weighted by atomic mass is 16.8. The Kier molecular flexibility index (Phi) is 10.5. The van der Waals surface area contributed by atoms with E-state index in [2.05, 4.69) is 14.8 Å². The molecule has 0 aliphatic carbocycles. The second-order valence-corrected chi connectivity index (χ2v) is 3.54. The van der Waals surface area contributed by atoms with Crippen molar-refractivity contribution >= 4 is 12.1 Å². The van der Waals surface area contributed by atoms with Crippen LogP contribution in [0.4, 0.5) is 4.79 Å². The predicted molar refractivity (Wildman–Crippen MR) is 67.6 cm³/mol. The molecule has 0 spiro atoms. The van der Waals surface area contributed by atoms with Gasteiger partial charge in [0.25, 0.3) is 0 Å². The van der Waals surface area contributed by atoms with Gasteiger partial charge in [-0.3, -0.25) is 4.79 Å². The third-order valence-corrected chi connectivity index (χ3v) is 1.93. The van der Waals surface area contributed by atoms with Crippen molar-refractivity contribution in [3.05, 3.63) is 11.6 Å². The van der Waals surface area contributed by atoms with Gasteiger partial charge in [0, 0.05) is 20.6 Å². The number of methoxy groups -OCH3 is 1. The Morgan fingerprint density at radius 2 is 1.89 bits per heavy atom. The first-order chi connectivity index (χ1) is 9.10. The SMILES string of the molecule is CCNCC=C(COC)COC(=O)OCOC(C)=O. The van der Waals surface area contributed by atoms with Crippen LogP contribution in [0.15, 0.2) is 11.6 Å². The van der Waals surface area contributed by atoms with Crippen LogP contribution in [0.1, 0.15) is 13.8 Å². The average Bonchev–Trinajstić information content (AvgIpc) is 2.35. The summed E-state index contributed by atoms with van der Waals surface area (Å²) in [6.45, 7) is 4.71. The Labute approximate surface area is 112 Å². The standard InChI is InChI=1S/C12H21NO6/c1-4-13-6-5-11(7-16-3)8-17-12(15)19-9-18-10(2)14/h5,13H,4,6-9H2,1-3H3. The highest BCUT2D eigenvalue weighted by molar-refractivity contribution is 5.66. The quantitative estimate of drug-likeness (QED) is 0.289. The lowest BCUT2D eigenvalue weighted by Crippen LogP contribution is -2.17. The molecule has 110 valence electrons. The van der Waals surface area contributed by atoms with Crippen LogP contribution in [0, 0.1) is 0 Å². The van der Waals surface area contributed by atoms with Gasteiger partial charge in [0.2, 0.25) is 6.79 Å². The van der Waals surface area contributed by atoms with Gasteiger partial charge in [-0.2, -0.15) is 0 Å². The lowest BCUT2D eigenvalue weighted by Gasteiger charge is -2.09. The lowest BCUT2D eigenvalue weighted by molar-refractivity contribution is -0.150. The molecule has 19 heavy (non-hydrogen) atoms. The van der Waals surface area contributed by atoms with Gasteiger partial charge < -0.3 is 24.3 Å². The zero-order chi connectivity index (χ0) is 14.5. The fraction of sp³-hybridized carbons (Fsp3) is 0.667. The monoisotopic (exact) mass is 275 g/mol. The van der Waals surface area contributed by atoms with Gasteiger partial charge in [-0.05, 0) is 12.1 Å².